The monoisotopic (exact) mass is 293 g/mol. The molecule has 0 unspecified atom stereocenters. The zero-order chi connectivity index (χ0) is 8.74. The standard InChI is InChI=1S/C6H15IO3P/c1-4-8-11(7,9-5-2)10-6-3/h4-6H2,1-3H3/q+1. The van der Waals surface area contributed by atoms with Crippen LogP contribution in [0.15, 0.2) is 0 Å². The van der Waals surface area contributed by atoms with Gasteiger partial charge in [0.2, 0.25) is 0 Å². The predicted molar refractivity (Wildman–Crippen MR) is 55.8 cm³/mol. The molecule has 0 aliphatic rings. The van der Waals surface area contributed by atoms with Crippen LogP contribution in [0.1, 0.15) is 20.8 Å². The van der Waals surface area contributed by atoms with Gasteiger partial charge in [-0.2, -0.15) is 13.6 Å². The molecule has 0 aromatic heterocycles. The third kappa shape index (κ3) is 5.31. The van der Waals surface area contributed by atoms with Crippen LogP contribution in [0.3, 0.4) is 0 Å². The summed E-state index contributed by atoms with van der Waals surface area (Å²) in [7, 11) is 0. The molecule has 0 aliphatic carbocycles. The minimum Gasteiger partial charge on any atom is -0.171 e. The summed E-state index contributed by atoms with van der Waals surface area (Å²) in [6.45, 7) is 7.71. The van der Waals surface area contributed by atoms with Crippen LogP contribution in [0.5, 0.6) is 0 Å². The Labute approximate surface area is 81.9 Å². The first-order valence-corrected chi connectivity index (χ1v) is 8.03. The van der Waals surface area contributed by atoms with E-state index in [2.05, 4.69) is 22.0 Å². The number of rotatable bonds is 6. The lowest BCUT2D eigenvalue weighted by molar-refractivity contribution is 0.173. The van der Waals surface area contributed by atoms with Gasteiger partial charge in [0.15, 0.2) is 0 Å². The van der Waals surface area contributed by atoms with Crippen molar-refractivity contribution in [2.75, 3.05) is 19.8 Å². The third-order valence-corrected chi connectivity index (χ3v) is 5.06. The van der Waals surface area contributed by atoms with Crippen molar-refractivity contribution in [3.05, 3.63) is 0 Å². The van der Waals surface area contributed by atoms with E-state index >= 15 is 0 Å². The van der Waals surface area contributed by atoms with Gasteiger partial charge >= 0.3 is 5.59 Å². The normalized spacial score (nSPS) is 12.0. The van der Waals surface area contributed by atoms with Gasteiger partial charge in [0.25, 0.3) is 22.0 Å². The molecule has 68 valence electrons. The average Bonchev–Trinajstić information content (AvgIpc) is 1.88. The highest BCUT2D eigenvalue weighted by atomic mass is 127. The van der Waals surface area contributed by atoms with E-state index in [0.29, 0.717) is 19.8 Å². The maximum atomic E-state index is 5.36. The molecule has 0 saturated carbocycles. The Morgan fingerprint density at radius 2 is 1.18 bits per heavy atom. The van der Waals surface area contributed by atoms with E-state index in [1.54, 1.807) is 0 Å². The van der Waals surface area contributed by atoms with Crippen molar-refractivity contribution in [3.63, 3.8) is 0 Å². The third-order valence-electron chi connectivity index (χ3n) is 0.850. The Balaban J connectivity index is 3.79. The molecule has 0 atom stereocenters. The Bertz CT molecular complexity index is 84.8. The molecule has 0 fully saturated rings. The summed E-state index contributed by atoms with van der Waals surface area (Å²) >= 11 is 2.12. The van der Waals surface area contributed by atoms with Crippen LogP contribution in [0, 0.1) is 0 Å². The van der Waals surface area contributed by atoms with Crippen LogP contribution in [0.4, 0.5) is 0 Å². The topological polar surface area (TPSA) is 27.7 Å². The summed E-state index contributed by atoms with van der Waals surface area (Å²) in [6.07, 6.45) is 0. The molecule has 3 nitrogen and oxygen atoms in total. The summed E-state index contributed by atoms with van der Waals surface area (Å²) in [5.41, 5.74) is -2.00. The van der Waals surface area contributed by atoms with Crippen LogP contribution in [0.25, 0.3) is 0 Å². The fourth-order valence-electron chi connectivity index (χ4n) is 0.574. The molecular weight excluding hydrogens is 278 g/mol. The number of halogens is 1. The predicted octanol–water partition coefficient (Wildman–Crippen LogP) is 3.21. The molecule has 11 heavy (non-hydrogen) atoms. The van der Waals surface area contributed by atoms with Gasteiger partial charge in [0.05, 0.1) is 19.8 Å². The molecule has 0 aromatic carbocycles. The van der Waals surface area contributed by atoms with Crippen molar-refractivity contribution in [1.29, 1.82) is 0 Å². The first kappa shape index (κ1) is 12.0. The lowest BCUT2D eigenvalue weighted by Gasteiger charge is -2.12. The van der Waals surface area contributed by atoms with Crippen molar-refractivity contribution in [1.82, 2.24) is 0 Å². The second-order valence-corrected chi connectivity index (χ2v) is 6.86. The van der Waals surface area contributed by atoms with E-state index in [1.165, 1.54) is 0 Å². The van der Waals surface area contributed by atoms with Gasteiger partial charge in [-0.25, -0.2) is 0 Å². The fraction of sp³-hybridized carbons (Fsp3) is 1.00. The van der Waals surface area contributed by atoms with E-state index in [-0.39, 0.29) is 0 Å². The van der Waals surface area contributed by atoms with Crippen molar-refractivity contribution in [3.8, 4) is 0 Å². The van der Waals surface area contributed by atoms with Crippen LogP contribution in [-0.4, -0.2) is 19.8 Å². The molecule has 5 heteroatoms. The van der Waals surface area contributed by atoms with Crippen LogP contribution in [0.2, 0.25) is 0 Å². The quantitative estimate of drug-likeness (QED) is 0.556. The van der Waals surface area contributed by atoms with Crippen molar-refractivity contribution < 1.29 is 13.6 Å². The molecule has 0 aliphatic heterocycles. The van der Waals surface area contributed by atoms with Gasteiger partial charge in [0, 0.05) is 0 Å². The molecule has 0 aromatic rings. The summed E-state index contributed by atoms with van der Waals surface area (Å²) in [5.74, 6) is 0. The molecule has 0 radical (unpaired) electrons. The fourth-order valence-corrected chi connectivity index (χ4v) is 4.23. The van der Waals surface area contributed by atoms with Gasteiger partial charge < -0.3 is 0 Å². The van der Waals surface area contributed by atoms with Gasteiger partial charge in [0.1, 0.15) is 0 Å². The molecule has 0 saturated heterocycles. The molecular formula is C6H15IO3P+. The second-order valence-electron chi connectivity index (χ2n) is 1.68. The smallest absolute Gasteiger partial charge is 0.171 e. The summed E-state index contributed by atoms with van der Waals surface area (Å²) < 4.78 is 16.1. The zero-order valence-electron chi connectivity index (χ0n) is 7.17. The maximum absolute atomic E-state index is 5.36. The Morgan fingerprint density at radius 3 is 1.36 bits per heavy atom. The summed E-state index contributed by atoms with van der Waals surface area (Å²) in [5, 5.41) is 0. The van der Waals surface area contributed by atoms with Crippen molar-refractivity contribution in [2.24, 2.45) is 0 Å². The highest BCUT2D eigenvalue weighted by Crippen LogP contribution is 2.69. The van der Waals surface area contributed by atoms with Crippen molar-refractivity contribution in [2.45, 2.75) is 20.8 Å². The van der Waals surface area contributed by atoms with Gasteiger partial charge in [-0.1, -0.05) is 0 Å². The molecule has 0 rings (SSSR count). The zero-order valence-corrected chi connectivity index (χ0v) is 10.2. The van der Waals surface area contributed by atoms with Crippen LogP contribution in [-0.2, 0) is 13.6 Å². The molecule has 0 bridgehead atoms. The Kier molecular flexibility index (Phi) is 7.16. The molecule has 0 heterocycles. The first-order valence-electron chi connectivity index (χ1n) is 3.70. The van der Waals surface area contributed by atoms with E-state index in [0.717, 1.165) is 0 Å². The Hall–Kier alpha value is 1.04. The second kappa shape index (κ2) is 6.54. The van der Waals surface area contributed by atoms with Crippen LogP contribution >= 0.6 is 27.6 Å². The number of hydrogen-bond acceptors (Lipinski definition) is 3. The highest BCUT2D eigenvalue weighted by Gasteiger charge is 2.41. The number of hydrogen-bond donors (Lipinski definition) is 0. The summed E-state index contributed by atoms with van der Waals surface area (Å²) in [4.78, 5) is 0. The summed E-state index contributed by atoms with van der Waals surface area (Å²) in [6, 6.07) is 0. The minimum atomic E-state index is -2.00. The van der Waals surface area contributed by atoms with Gasteiger partial charge in [-0.3, -0.25) is 0 Å². The van der Waals surface area contributed by atoms with Crippen LogP contribution < -0.4 is 0 Å². The minimum absolute atomic E-state index is 0.636. The van der Waals surface area contributed by atoms with E-state index in [1.807, 2.05) is 20.8 Å². The van der Waals surface area contributed by atoms with Gasteiger partial charge in [-0.15, -0.1) is 0 Å². The van der Waals surface area contributed by atoms with Gasteiger partial charge in [-0.05, 0) is 20.8 Å². The largest absolute Gasteiger partial charge is 0.476 e. The maximum Gasteiger partial charge on any atom is 0.476 e. The molecule has 0 N–H and O–H groups in total. The van der Waals surface area contributed by atoms with Crippen molar-refractivity contribution >= 4 is 27.6 Å². The Morgan fingerprint density at radius 1 is 0.909 bits per heavy atom. The lowest BCUT2D eigenvalue weighted by atomic mass is 10.9. The van der Waals surface area contributed by atoms with E-state index in [9.17, 15) is 0 Å². The lowest BCUT2D eigenvalue weighted by Crippen LogP contribution is -2.00. The molecule has 0 amide bonds. The first-order chi connectivity index (χ1) is 5.18. The SMILES string of the molecule is CCO[P+](I)(OCC)OCC. The van der Waals surface area contributed by atoms with E-state index < -0.39 is 5.59 Å². The highest BCUT2D eigenvalue weighted by molar-refractivity contribution is 14.2. The van der Waals surface area contributed by atoms with E-state index in [4.69, 9.17) is 13.6 Å². The molecule has 0 spiro atoms. The average molecular weight is 293 g/mol.